The Labute approximate surface area is 715 Å². The fraction of sp³-hybridized carbons (Fsp3) is 0.381. The molecule has 0 bridgehead atoms. The maximum Gasteiger partial charge on any atom is 0.0140 e. The van der Waals surface area contributed by atoms with Crippen molar-refractivity contribution < 1.29 is 54.8 Å². The van der Waals surface area contributed by atoms with Gasteiger partial charge in [0, 0.05) is 33.7 Å². The van der Waals surface area contributed by atoms with E-state index < -0.39 is 40.6 Å². The molecular formula is C97H122Cl6N3O3Ru3-3. The summed E-state index contributed by atoms with van der Waals surface area (Å²) in [6, 6.07) is 76.2. The second-order valence-corrected chi connectivity index (χ2v) is 50.1. The molecule has 0 amide bonds. The molecule has 3 saturated heterocycles. The molecule has 15 heteroatoms. The molecule has 3 heterocycles. The smallest absolute Gasteiger partial charge is 0.0140 e. The molecule has 9 aromatic rings. The van der Waals surface area contributed by atoms with Crippen LogP contribution in [0.2, 0.25) is 0 Å². The van der Waals surface area contributed by atoms with Gasteiger partial charge in [0.2, 0.25) is 0 Å². The Balaban J connectivity index is 0.000000190. The van der Waals surface area contributed by atoms with Crippen LogP contribution in [-0.4, -0.2) is 48.8 Å². The van der Waals surface area contributed by atoms with Crippen LogP contribution >= 0.6 is 58.1 Å². The van der Waals surface area contributed by atoms with E-state index in [0.717, 1.165) is 66.0 Å². The van der Waals surface area contributed by atoms with E-state index in [1.807, 2.05) is 128 Å². The zero-order chi connectivity index (χ0) is 82.5. The Hall–Kier alpha value is -5.00. The van der Waals surface area contributed by atoms with Gasteiger partial charge in [0.25, 0.3) is 0 Å². The summed E-state index contributed by atoms with van der Waals surface area (Å²) in [4.78, 5) is 7.62. The van der Waals surface area contributed by atoms with Crippen LogP contribution in [0.5, 0.6) is 17.2 Å². The van der Waals surface area contributed by atoms with Crippen molar-refractivity contribution in [2.45, 2.75) is 242 Å². The van der Waals surface area contributed by atoms with Gasteiger partial charge in [-0.25, -0.2) is 19.6 Å². The predicted octanol–water partition coefficient (Wildman–Crippen LogP) is 28.2. The normalized spacial score (nSPS) is 18.8. The quantitative estimate of drug-likeness (QED) is 0.0630. The molecule has 6 nitrogen and oxygen atoms in total. The number of aryl methyl sites for hydroxylation is 5. The van der Waals surface area contributed by atoms with Gasteiger partial charge in [0.05, 0.1) is 0 Å². The zero-order valence-corrected chi connectivity index (χ0v) is 79.7. The Bertz CT molecular complexity index is 4270. The average molecular weight is 1890 g/mol. The van der Waals surface area contributed by atoms with Crippen LogP contribution in [0.25, 0.3) is 0 Å². The molecule has 3 aliphatic heterocycles. The molecule has 3 fully saturated rings. The second-order valence-electron chi connectivity index (χ2n) is 32.9. The van der Waals surface area contributed by atoms with Gasteiger partial charge in [-0.3, -0.25) is 0 Å². The van der Waals surface area contributed by atoms with Gasteiger partial charge in [-0.1, -0.05) is 211 Å². The molecule has 112 heavy (non-hydrogen) atoms. The standard InChI is InChI=1S/C23H30N.2C22H28N.3C10H12O.6ClH.3Ru/c1-17(2)20-14-10-11-18(3)21(20)24-16-23(6,15-22(24,4)5)19-12-8-7-9-13-19;2*1-6-18-12-10-11-17(2)20(18)23-16-22(5,15-21(23,3)4)19-13-8-7-9-14-19;3*1-8(2)11-10-7-5-4-6-9(10)3;;;;;;;;;/h7-14,16-17H,15H2,1-6H3;2*7-14,16H,6,15H2,1-5H3;3*3-8H,1-2H3;6*1H;;;/q3*-1;;;;;;;;;;3*+2/p-6. The van der Waals surface area contributed by atoms with Crippen molar-refractivity contribution in [1.82, 2.24) is 0 Å². The summed E-state index contributed by atoms with van der Waals surface area (Å²) in [5.74, 6) is 3.07. The molecule has 0 N–H and O–H groups in total. The van der Waals surface area contributed by atoms with Gasteiger partial charge in [-0.2, -0.15) is 0 Å². The topological polar surface area (TPSA) is 37.4 Å². The molecule has 0 aromatic heterocycles. The Morgan fingerprint density at radius 1 is 0.339 bits per heavy atom. The summed E-state index contributed by atoms with van der Waals surface area (Å²) in [5, 5.41) is 0. The van der Waals surface area contributed by atoms with E-state index >= 15 is 0 Å². The van der Waals surface area contributed by atoms with Crippen LogP contribution in [0, 0.1) is 40.4 Å². The van der Waals surface area contributed by atoms with E-state index in [4.69, 9.17) is 72.4 Å². The van der Waals surface area contributed by atoms with Gasteiger partial charge in [0.15, 0.2) is 0 Å². The van der Waals surface area contributed by atoms with E-state index in [9.17, 15) is 0 Å². The zero-order valence-electron chi connectivity index (χ0n) is 70.0. The van der Waals surface area contributed by atoms with Gasteiger partial charge in [-0.05, 0) is 134 Å². The van der Waals surface area contributed by atoms with Crippen LogP contribution in [0.3, 0.4) is 0 Å². The average Bonchev–Trinajstić information content (AvgIpc) is 1.61. The fourth-order valence-electron chi connectivity index (χ4n) is 15.8. The Morgan fingerprint density at radius 2 is 0.589 bits per heavy atom. The predicted molar refractivity (Wildman–Crippen MR) is 481 cm³/mol. The fourth-order valence-corrected chi connectivity index (χ4v) is 21.2. The second kappa shape index (κ2) is 42.9. The van der Waals surface area contributed by atoms with Crippen molar-refractivity contribution in [3.8, 4) is 17.2 Å². The molecule has 9 aromatic carbocycles. The molecule has 3 unspecified atom stereocenters. The minimum Gasteiger partial charge on any atom is -0.517 e. The number of anilines is 3. The van der Waals surface area contributed by atoms with Gasteiger partial charge >= 0.3 is 293 Å². The number of benzene rings is 9. The SMILES string of the molecule is CC(C)Oc1ccccc1[CH]=[Ru]([Cl])[Cl].CC(C)Oc1ccccc1[CH]=[Ru]([Cl])[Cl].CC(C)Oc1ccccc1[CH]=[Ru]([Cl])[Cl].CCc1cccc(C)c1N1[CH-]C(C)(c2ccccc2)CC1(C)C.CCc1cccc(C)c1N1[CH-]C(C)(c2ccccc2)CC1(C)C.Cc1cccc(C(C)C)c1N1[CH-]C(C)(c2ccccc2)CC1(C)C. The van der Waals surface area contributed by atoms with Crippen molar-refractivity contribution in [3.63, 3.8) is 0 Å². The Kier molecular flexibility index (Phi) is 36.1. The summed E-state index contributed by atoms with van der Waals surface area (Å²) in [7, 11) is 34.9. The van der Waals surface area contributed by atoms with Crippen molar-refractivity contribution in [2.24, 2.45) is 0 Å². The third kappa shape index (κ3) is 26.5. The molecule has 612 valence electrons. The molecule has 0 saturated carbocycles. The minimum absolute atomic E-state index is 0.0707. The van der Waals surface area contributed by atoms with Crippen molar-refractivity contribution >= 4 is 89.0 Å². The number of nitrogens with zero attached hydrogens (tertiary/aromatic N) is 3. The first-order valence-corrected chi connectivity index (χ1v) is 55.4. The van der Waals surface area contributed by atoms with E-state index in [1.54, 1.807) is 0 Å². The number of para-hydroxylation sites is 6. The van der Waals surface area contributed by atoms with Crippen molar-refractivity contribution in [2.75, 3.05) is 14.7 Å². The van der Waals surface area contributed by atoms with Crippen LogP contribution in [0.15, 0.2) is 218 Å². The Morgan fingerprint density at radius 3 is 0.848 bits per heavy atom. The van der Waals surface area contributed by atoms with E-state index in [0.29, 0.717) is 5.92 Å². The largest absolute Gasteiger partial charge is 0.517 e. The summed E-state index contributed by atoms with van der Waals surface area (Å²) in [5.41, 5.74) is 20.4. The molecule has 0 radical (unpaired) electrons. The number of halogens is 6. The molecule has 3 aliphatic rings. The molecule has 12 rings (SSSR count). The van der Waals surface area contributed by atoms with E-state index in [2.05, 4.69) is 291 Å². The van der Waals surface area contributed by atoms with E-state index in [-0.39, 0.29) is 51.2 Å². The van der Waals surface area contributed by atoms with Gasteiger partial charge in [0.1, 0.15) is 0 Å². The van der Waals surface area contributed by atoms with Crippen LogP contribution in [0.1, 0.15) is 223 Å². The summed E-state index contributed by atoms with van der Waals surface area (Å²) in [6.07, 6.45) is 6.00. The number of hydrogen-bond donors (Lipinski definition) is 0. The van der Waals surface area contributed by atoms with Gasteiger partial charge < -0.3 is 14.7 Å². The minimum atomic E-state index is -1.77. The van der Waals surface area contributed by atoms with Crippen LogP contribution in [-0.2, 0) is 69.6 Å². The third-order valence-electron chi connectivity index (χ3n) is 20.3. The van der Waals surface area contributed by atoms with Crippen molar-refractivity contribution in [3.05, 3.63) is 305 Å². The van der Waals surface area contributed by atoms with Crippen LogP contribution < -0.4 is 28.9 Å². The van der Waals surface area contributed by atoms with E-state index in [1.165, 1.54) is 67.1 Å². The molecule has 0 spiro atoms. The molecule has 0 aliphatic carbocycles. The monoisotopic (exact) mass is 1890 g/mol. The maximum atomic E-state index is 5.82. The summed E-state index contributed by atoms with van der Waals surface area (Å²) < 4.78 is 22.5. The maximum absolute atomic E-state index is 5.82. The number of ether oxygens (including phenoxy) is 3. The van der Waals surface area contributed by atoms with Crippen LogP contribution in [0.4, 0.5) is 17.1 Å². The van der Waals surface area contributed by atoms with Crippen molar-refractivity contribution in [1.29, 1.82) is 0 Å². The summed E-state index contributed by atoms with van der Waals surface area (Å²) in [6.45, 7) is 56.4. The summed E-state index contributed by atoms with van der Waals surface area (Å²) >= 11 is -5.31. The first kappa shape index (κ1) is 94.2. The first-order valence-electron chi connectivity index (χ1n) is 38.9. The number of hydrogen-bond acceptors (Lipinski definition) is 6. The first-order chi connectivity index (χ1) is 52.8. The molecular weight excluding hydrogens is 1770 g/mol. The number of rotatable bonds is 18. The molecule has 3 atom stereocenters. The van der Waals surface area contributed by atoms with Gasteiger partial charge in [-0.15, -0.1) is 16.2 Å². The third-order valence-corrected chi connectivity index (χ3v) is 25.8.